The minimum absolute atomic E-state index is 0.478. The van der Waals surface area contributed by atoms with Gasteiger partial charge in [-0.05, 0) is 28.5 Å². The lowest BCUT2D eigenvalue weighted by molar-refractivity contribution is 0.151. The number of aromatic nitrogens is 2. The molecule has 3 rings (SSSR count). The van der Waals surface area contributed by atoms with E-state index in [1.807, 2.05) is 42.6 Å². The Labute approximate surface area is 105 Å². The van der Waals surface area contributed by atoms with Gasteiger partial charge in [0.15, 0.2) is 0 Å². The largest absolute Gasteiger partial charge is 0.386 e. The lowest BCUT2D eigenvalue weighted by Gasteiger charge is -2.12. The molecule has 1 heterocycles. The molecule has 0 aliphatic heterocycles. The molecule has 0 radical (unpaired) electrons. The highest BCUT2D eigenvalue weighted by Crippen LogP contribution is 2.21. The SMILES string of the molecule is O[C@@H](Cn1cccn1)c1ccc2ccccc2c1. The molecule has 90 valence electrons. The van der Waals surface area contributed by atoms with E-state index in [2.05, 4.69) is 17.2 Å². The summed E-state index contributed by atoms with van der Waals surface area (Å²) in [6.07, 6.45) is 3.03. The molecule has 0 amide bonds. The van der Waals surface area contributed by atoms with Crippen molar-refractivity contribution >= 4 is 10.8 Å². The number of benzene rings is 2. The van der Waals surface area contributed by atoms with E-state index in [9.17, 15) is 5.11 Å². The van der Waals surface area contributed by atoms with Crippen LogP contribution in [0.25, 0.3) is 10.8 Å². The molecule has 1 N–H and O–H groups in total. The average molecular weight is 238 g/mol. The third-order valence-electron chi connectivity index (χ3n) is 3.08. The van der Waals surface area contributed by atoms with Crippen LogP contribution in [0.3, 0.4) is 0 Å². The van der Waals surface area contributed by atoms with Gasteiger partial charge in [-0.2, -0.15) is 5.10 Å². The summed E-state index contributed by atoms with van der Waals surface area (Å²) < 4.78 is 1.74. The molecular weight excluding hydrogens is 224 g/mol. The molecule has 3 heteroatoms. The lowest BCUT2D eigenvalue weighted by atomic mass is 10.0. The molecule has 2 aromatic carbocycles. The number of aliphatic hydroxyl groups is 1. The Bertz CT molecular complexity index is 646. The van der Waals surface area contributed by atoms with Crippen LogP contribution in [0.1, 0.15) is 11.7 Å². The molecule has 0 saturated heterocycles. The Morgan fingerprint density at radius 3 is 2.67 bits per heavy atom. The van der Waals surface area contributed by atoms with E-state index in [1.54, 1.807) is 10.9 Å². The van der Waals surface area contributed by atoms with E-state index >= 15 is 0 Å². The summed E-state index contributed by atoms with van der Waals surface area (Å²) in [5, 5.41) is 16.6. The van der Waals surface area contributed by atoms with E-state index < -0.39 is 6.10 Å². The number of fused-ring (bicyclic) bond motifs is 1. The minimum atomic E-state index is -0.533. The summed E-state index contributed by atoms with van der Waals surface area (Å²) in [5.74, 6) is 0. The van der Waals surface area contributed by atoms with Crippen LogP contribution in [0.4, 0.5) is 0 Å². The first kappa shape index (κ1) is 11.0. The number of nitrogens with zero attached hydrogens (tertiary/aromatic N) is 2. The van der Waals surface area contributed by atoms with Gasteiger partial charge in [-0.15, -0.1) is 0 Å². The van der Waals surface area contributed by atoms with Crippen molar-refractivity contribution in [2.24, 2.45) is 0 Å². The van der Waals surface area contributed by atoms with Crippen molar-refractivity contribution < 1.29 is 5.11 Å². The van der Waals surface area contributed by atoms with Crippen molar-refractivity contribution in [3.8, 4) is 0 Å². The molecule has 0 bridgehead atoms. The third-order valence-corrected chi connectivity index (χ3v) is 3.08. The zero-order valence-corrected chi connectivity index (χ0v) is 9.90. The van der Waals surface area contributed by atoms with Gasteiger partial charge in [0.25, 0.3) is 0 Å². The van der Waals surface area contributed by atoms with Crippen LogP contribution in [-0.4, -0.2) is 14.9 Å². The fourth-order valence-corrected chi connectivity index (χ4v) is 2.11. The molecular formula is C15H14N2O. The first-order chi connectivity index (χ1) is 8.83. The minimum Gasteiger partial charge on any atom is -0.386 e. The van der Waals surface area contributed by atoms with Gasteiger partial charge in [0.2, 0.25) is 0 Å². The summed E-state index contributed by atoms with van der Waals surface area (Å²) >= 11 is 0. The van der Waals surface area contributed by atoms with Crippen LogP contribution in [0.5, 0.6) is 0 Å². The normalized spacial score (nSPS) is 12.7. The number of aliphatic hydroxyl groups excluding tert-OH is 1. The molecule has 0 spiro atoms. The summed E-state index contributed by atoms with van der Waals surface area (Å²) in [7, 11) is 0. The lowest BCUT2D eigenvalue weighted by Crippen LogP contribution is -2.08. The van der Waals surface area contributed by atoms with Crippen molar-refractivity contribution in [1.82, 2.24) is 9.78 Å². The van der Waals surface area contributed by atoms with Crippen LogP contribution in [0.15, 0.2) is 60.9 Å². The second kappa shape index (κ2) is 4.63. The van der Waals surface area contributed by atoms with Crippen molar-refractivity contribution in [2.75, 3.05) is 0 Å². The highest BCUT2D eigenvalue weighted by Gasteiger charge is 2.08. The van der Waals surface area contributed by atoms with E-state index in [-0.39, 0.29) is 0 Å². The summed E-state index contributed by atoms with van der Waals surface area (Å²) in [6, 6.07) is 16.0. The second-order valence-corrected chi connectivity index (χ2v) is 4.35. The molecule has 3 aromatic rings. The number of rotatable bonds is 3. The van der Waals surface area contributed by atoms with Gasteiger partial charge in [0.05, 0.1) is 12.6 Å². The Kier molecular flexibility index (Phi) is 2.82. The molecule has 1 atom stereocenters. The van der Waals surface area contributed by atoms with E-state index in [0.717, 1.165) is 10.9 Å². The standard InChI is InChI=1S/C15H14N2O/c18-15(11-17-9-3-8-16-17)14-7-6-12-4-1-2-5-13(12)10-14/h1-10,15,18H,11H2/t15-/m0/s1. The van der Waals surface area contributed by atoms with Crippen molar-refractivity contribution in [1.29, 1.82) is 0 Å². The van der Waals surface area contributed by atoms with Gasteiger partial charge < -0.3 is 5.11 Å². The van der Waals surface area contributed by atoms with Crippen LogP contribution >= 0.6 is 0 Å². The van der Waals surface area contributed by atoms with E-state index in [4.69, 9.17) is 0 Å². The van der Waals surface area contributed by atoms with Gasteiger partial charge in [0, 0.05) is 12.4 Å². The molecule has 0 fully saturated rings. The van der Waals surface area contributed by atoms with E-state index in [0.29, 0.717) is 6.54 Å². The first-order valence-corrected chi connectivity index (χ1v) is 5.97. The van der Waals surface area contributed by atoms with E-state index in [1.165, 1.54) is 5.39 Å². The Morgan fingerprint density at radius 2 is 1.89 bits per heavy atom. The van der Waals surface area contributed by atoms with Crippen LogP contribution < -0.4 is 0 Å². The van der Waals surface area contributed by atoms with Gasteiger partial charge in [0.1, 0.15) is 0 Å². The summed E-state index contributed by atoms with van der Waals surface area (Å²) in [5.41, 5.74) is 0.921. The van der Waals surface area contributed by atoms with Gasteiger partial charge in [-0.25, -0.2) is 0 Å². The predicted molar refractivity (Wildman–Crippen MR) is 71.1 cm³/mol. The molecule has 1 aromatic heterocycles. The summed E-state index contributed by atoms with van der Waals surface area (Å²) in [6.45, 7) is 0.478. The van der Waals surface area contributed by atoms with Gasteiger partial charge in [-0.1, -0.05) is 36.4 Å². The highest BCUT2D eigenvalue weighted by atomic mass is 16.3. The predicted octanol–water partition coefficient (Wildman–Crippen LogP) is 2.77. The summed E-state index contributed by atoms with van der Waals surface area (Å²) in [4.78, 5) is 0. The zero-order valence-electron chi connectivity index (χ0n) is 9.90. The van der Waals surface area contributed by atoms with Crippen LogP contribution in [-0.2, 0) is 6.54 Å². The maximum Gasteiger partial charge on any atom is 0.0986 e. The first-order valence-electron chi connectivity index (χ1n) is 5.97. The highest BCUT2D eigenvalue weighted by molar-refractivity contribution is 5.83. The second-order valence-electron chi connectivity index (χ2n) is 4.35. The average Bonchev–Trinajstić information content (AvgIpc) is 2.91. The Balaban J connectivity index is 1.89. The maximum atomic E-state index is 10.2. The van der Waals surface area contributed by atoms with Gasteiger partial charge in [-0.3, -0.25) is 4.68 Å². The van der Waals surface area contributed by atoms with Crippen molar-refractivity contribution in [2.45, 2.75) is 12.6 Å². The third kappa shape index (κ3) is 2.13. The van der Waals surface area contributed by atoms with Gasteiger partial charge >= 0.3 is 0 Å². The quantitative estimate of drug-likeness (QED) is 0.762. The molecule has 18 heavy (non-hydrogen) atoms. The number of hydrogen-bond acceptors (Lipinski definition) is 2. The zero-order chi connectivity index (χ0) is 12.4. The fourth-order valence-electron chi connectivity index (χ4n) is 2.11. The smallest absolute Gasteiger partial charge is 0.0986 e. The van der Waals surface area contributed by atoms with Crippen molar-refractivity contribution in [3.05, 3.63) is 66.5 Å². The Morgan fingerprint density at radius 1 is 1.06 bits per heavy atom. The Hall–Kier alpha value is -2.13. The van der Waals surface area contributed by atoms with Crippen LogP contribution in [0.2, 0.25) is 0 Å². The molecule has 0 saturated carbocycles. The molecule has 0 aliphatic carbocycles. The van der Waals surface area contributed by atoms with Crippen LogP contribution in [0, 0.1) is 0 Å². The molecule has 3 nitrogen and oxygen atoms in total. The fraction of sp³-hybridized carbons (Fsp3) is 0.133. The maximum absolute atomic E-state index is 10.2. The molecule has 0 aliphatic rings. The monoisotopic (exact) mass is 238 g/mol. The number of hydrogen-bond donors (Lipinski definition) is 1. The topological polar surface area (TPSA) is 38.0 Å². The van der Waals surface area contributed by atoms with Crippen molar-refractivity contribution in [3.63, 3.8) is 0 Å². The molecule has 0 unspecified atom stereocenters.